The minimum Gasteiger partial charge on any atom is -0.480 e. The molecule has 0 spiro atoms. The highest BCUT2D eigenvalue weighted by atomic mass is 35.5. The average Bonchev–Trinajstić information content (AvgIpc) is 2.32. The quantitative estimate of drug-likeness (QED) is 0.598. The predicted octanol–water partition coefficient (Wildman–Crippen LogP) is 4.37. The Bertz CT molecular complexity index is 435. The molecular weight excluding hydrogens is 298 g/mol. The Balaban J connectivity index is 2.58. The molecule has 0 amide bonds. The van der Waals surface area contributed by atoms with Crippen LogP contribution in [0, 0.1) is 0 Å². The molecule has 0 saturated heterocycles. The molecule has 0 N–H and O–H groups in total. The van der Waals surface area contributed by atoms with E-state index in [2.05, 4.69) is 0 Å². The van der Waals surface area contributed by atoms with Crippen LogP contribution >= 0.6 is 34.8 Å². The van der Waals surface area contributed by atoms with E-state index in [-0.39, 0.29) is 12.7 Å². The number of hydrogen-bond donors (Lipinski definition) is 0. The van der Waals surface area contributed by atoms with Gasteiger partial charge in [0.1, 0.15) is 5.75 Å². The lowest BCUT2D eigenvalue weighted by atomic mass is 10.3. The van der Waals surface area contributed by atoms with Gasteiger partial charge in [0.05, 0.1) is 21.2 Å². The lowest BCUT2D eigenvalue weighted by Crippen LogP contribution is -2.20. The molecular formula is C12H13Cl3O3. The Morgan fingerprint density at radius 3 is 2.44 bits per heavy atom. The van der Waals surface area contributed by atoms with Crippen molar-refractivity contribution >= 4 is 40.8 Å². The van der Waals surface area contributed by atoms with Gasteiger partial charge in [0.15, 0.2) is 6.61 Å². The molecule has 3 nitrogen and oxygen atoms in total. The normalized spacial score (nSPS) is 12.1. The Kier molecular flexibility index (Phi) is 6.06. The monoisotopic (exact) mass is 310 g/mol. The summed E-state index contributed by atoms with van der Waals surface area (Å²) in [4.78, 5) is 11.4. The van der Waals surface area contributed by atoms with Gasteiger partial charge in [0.2, 0.25) is 0 Å². The van der Waals surface area contributed by atoms with Crippen molar-refractivity contribution in [3.05, 3.63) is 27.2 Å². The first-order valence-electron chi connectivity index (χ1n) is 5.40. The molecule has 0 unspecified atom stereocenters. The van der Waals surface area contributed by atoms with Gasteiger partial charge in [-0.05, 0) is 19.4 Å². The highest BCUT2D eigenvalue weighted by molar-refractivity contribution is 6.43. The third kappa shape index (κ3) is 4.56. The van der Waals surface area contributed by atoms with Gasteiger partial charge in [-0.3, -0.25) is 0 Å². The van der Waals surface area contributed by atoms with E-state index in [4.69, 9.17) is 44.3 Å². The molecule has 0 aliphatic heterocycles. The second kappa shape index (κ2) is 7.07. The van der Waals surface area contributed by atoms with Crippen molar-refractivity contribution in [1.82, 2.24) is 0 Å². The van der Waals surface area contributed by atoms with E-state index >= 15 is 0 Å². The van der Waals surface area contributed by atoms with Crippen LogP contribution in [0.3, 0.4) is 0 Å². The fourth-order valence-corrected chi connectivity index (χ4v) is 1.68. The first kappa shape index (κ1) is 15.4. The molecule has 1 atom stereocenters. The van der Waals surface area contributed by atoms with Crippen LogP contribution in [0.4, 0.5) is 0 Å². The van der Waals surface area contributed by atoms with Gasteiger partial charge in [-0.25, -0.2) is 4.79 Å². The fourth-order valence-electron chi connectivity index (χ4n) is 1.09. The molecule has 100 valence electrons. The lowest BCUT2D eigenvalue weighted by molar-refractivity contribution is -0.150. The topological polar surface area (TPSA) is 35.5 Å². The van der Waals surface area contributed by atoms with E-state index in [0.717, 1.165) is 6.42 Å². The lowest BCUT2D eigenvalue weighted by Gasteiger charge is -2.12. The van der Waals surface area contributed by atoms with E-state index in [1.54, 1.807) is 0 Å². The molecule has 0 fully saturated rings. The molecule has 0 aromatic heterocycles. The van der Waals surface area contributed by atoms with Gasteiger partial charge in [-0.1, -0.05) is 41.7 Å². The summed E-state index contributed by atoms with van der Waals surface area (Å²) in [5.41, 5.74) is 0. The third-order valence-corrected chi connectivity index (χ3v) is 3.25. The fraction of sp³-hybridized carbons (Fsp3) is 0.417. The number of rotatable bonds is 5. The number of ether oxygens (including phenoxy) is 2. The van der Waals surface area contributed by atoms with Crippen molar-refractivity contribution in [3.8, 4) is 5.75 Å². The van der Waals surface area contributed by atoms with Gasteiger partial charge in [0, 0.05) is 6.07 Å². The van der Waals surface area contributed by atoms with Crippen molar-refractivity contribution in [2.45, 2.75) is 26.4 Å². The standard InChI is InChI=1S/C12H13Cl3O3/c1-3-7(2)18-12(16)6-17-11-5-9(14)8(13)4-10(11)15/h4-5,7H,3,6H2,1-2H3/t7-/m1/s1. The average molecular weight is 312 g/mol. The Morgan fingerprint density at radius 2 is 1.83 bits per heavy atom. The highest BCUT2D eigenvalue weighted by Crippen LogP contribution is 2.33. The van der Waals surface area contributed by atoms with E-state index < -0.39 is 5.97 Å². The smallest absolute Gasteiger partial charge is 0.344 e. The van der Waals surface area contributed by atoms with E-state index in [0.29, 0.717) is 20.8 Å². The van der Waals surface area contributed by atoms with Crippen LogP contribution in [0.5, 0.6) is 5.75 Å². The van der Waals surface area contributed by atoms with Gasteiger partial charge in [-0.15, -0.1) is 0 Å². The maximum absolute atomic E-state index is 11.4. The minimum absolute atomic E-state index is 0.134. The SMILES string of the molecule is CC[C@@H](C)OC(=O)COc1cc(Cl)c(Cl)cc1Cl. The second-order valence-electron chi connectivity index (χ2n) is 3.69. The summed E-state index contributed by atoms with van der Waals surface area (Å²) in [5.74, 6) is -0.154. The third-order valence-electron chi connectivity index (χ3n) is 2.23. The largest absolute Gasteiger partial charge is 0.480 e. The van der Waals surface area contributed by atoms with Gasteiger partial charge < -0.3 is 9.47 Å². The Morgan fingerprint density at radius 1 is 1.22 bits per heavy atom. The van der Waals surface area contributed by atoms with E-state index in [9.17, 15) is 4.79 Å². The zero-order valence-corrected chi connectivity index (χ0v) is 12.3. The van der Waals surface area contributed by atoms with Gasteiger partial charge in [0.25, 0.3) is 0 Å². The van der Waals surface area contributed by atoms with Gasteiger partial charge >= 0.3 is 5.97 Å². The summed E-state index contributed by atoms with van der Waals surface area (Å²) in [6.45, 7) is 3.51. The first-order chi connectivity index (χ1) is 8.43. The molecule has 0 aliphatic rings. The van der Waals surface area contributed by atoms with E-state index in [1.165, 1.54) is 12.1 Å². The zero-order valence-electron chi connectivity index (χ0n) is 10.0. The Labute approximate surface area is 121 Å². The summed E-state index contributed by atoms with van der Waals surface area (Å²) in [6.07, 6.45) is 0.615. The summed E-state index contributed by atoms with van der Waals surface area (Å²) in [6, 6.07) is 2.92. The van der Waals surface area contributed by atoms with Crippen LogP contribution in [-0.4, -0.2) is 18.7 Å². The first-order valence-corrected chi connectivity index (χ1v) is 6.54. The maximum atomic E-state index is 11.4. The summed E-state index contributed by atoms with van der Waals surface area (Å²) in [5, 5.41) is 0.934. The van der Waals surface area contributed by atoms with Crippen LogP contribution in [-0.2, 0) is 9.53 Å². The van der Waals surface area contributed by atoms with Crippen molar-refractivity contribution in [1.29, 1.82) is 0 Å². The molecule has 1 aromatic carbocycles. The second-order valence-corrected chi connectivity index (χ2v) is 4.92. The molecule has 18 heavy (non-hydrogen) atoms. The number of carbonyl (C=O) groups excluding carboxylic acids is 1. The highest BCUT2D eigenvalue weighted by Gasteiger charge is 2.11. The summed E-state index contributed by atoms with van der Waals surface area (Å²) in [7, 11) is 0. The van der Waals surface area contributed by atoms with Crippen LogP contribution < -0.4 is 4.74 Å². The summed E-state index contributed by atoms with van der Waals surface area (Å²) < 4.78 is 10.3. The number of carbonyl (C=O) groups is 1. The minimum atomic E-state index is -0.452. The van der Waals surface area contributed by atoms with Gasteiger partial charge in [-0.2, -0.15) is 0 Å². The van der Waals surface area contributed by atoms with Crippen LogP contribution in [0.25, 0.3) is 0 Å². The van der Waals surface area contributed by atoms with Crippen molar-refractivity contribution < 1.29 is 14.3 Å². The van der Waals surface area contributed by atoms with Crippen LogP contribution in [0.15, 0.2) is 12.1 Å². The van der Waals surface area contributed by atoms with E-state index in [1.807, 2.05) is 13.8 Å². The number of benzene rings is 1. The molecule has 0 heterocycles. The number of esters is 1. The Hall–Kier alpha value is -0.640. The summed E-state index contributed by atoms with van der Waals surface area (Å²) >= 11 is 17.5. The molecule has 1 rings (SSSR count). The molecule has 0 radical (unpaired) electrons. The zero-order chi connectivity index (χ0) is 13.7. The molecule has 0 aliphatic carbocycles. The number of hydrogen-bond acceptors (Lipinski definition) is 3. The predicted molar refractivity (Wildman–Crippen MR) is 72.8 cm³/mol. The van der Waals surface area contributed by atoms with Crippen LogP contribution in [0.1, 0.15) is 20.3 Å². The molecule has 6 heteroatoms. The number of halogens is 3. The molecule has 1 aromatic rings. The molecule has 0 saturated carbocycles. The van der Waals surface area contributed by atoms with Crippen molar-refractivity contribution in [2.75, 3.05) is 6.61 Å². The molecule has 0 bridgehead atoms. The van der Waals surface area contributed by atoms with Crippen molar-refractivity contribution in [3.63, 3.8) is 0 Å². The van der Waals surface area contributed by atoms with Crippen LogP contribution in [0.2, 0.25) is 15.1 Å². The maximum Gasteiger partial charge on any atom is 0.344 e. The van der Waals surface area contributed by atoms with Crippen molar-refractivity contribution in [2.24, 2.45) is 0 Å².